The zero-order chi connectivity index (χ0) is 13.5. The van der Waals surface area contributed by atoms with Crippen molar-refractivity contribution in [2.24, 2.45) is 5.14 Å². The molecule has 7 heteroatoms. The molecule has 0 unspecified atom stereocenters. The lowest BCUT2D eigenvalue weighted by molar-refractivity contribution is 0.585. The number of nitrogens with two attached hydrogens (primary N) is 1. The summed E-state index contributed by atoms with van der Waals surface area (Å²) in [4.78, 5) is 10.7. The van der Waals surface area contributed by atoms with E-state index in [2.05, 4.69) is 9.97 Å². The molecule has 1 saturated heterocycles. The number of primary sulfonamides is 1. The van der Waals surface area contributed by atoms with Crippen molar-refractivity contribution in [2.45, 2.75) is 32.4 Å². The van der Waals surface area contributed by atoms with Gasteiger partial charge in [-0.25, -0.2) is 23.5 Å². The highest BCUT2D eigenvalue weighted by Gasteiger charge is 2.32. The van der Waals surface area contributed by atoms with E-state index in [1.165, 1.54) is 0 Å². The van der Waals surface area contributed by atoms with E-state index in [0.717, 1.165) is 17.1 Å². The van der Waals surface area contributed by atoms with Gasteiger partial charge in [-0.1, -0.05) is 0 Å². The van der Waals surface area contributed by atoms with Gasteiger partial charge in [0.2, 0.25) is 10.0 Å². The summed E-state index contributed by atoms with van der Waals surface area (Å²) < 4.78 is 22.7. The van der Waals surface area contributed by atoms with Crippen LogP contribution in [0.25, 0.3) is 0 Å². The molecule has 0 aliphatic carbocycles. The fourth-order valence-electron chi connectivity index (χ4n) is 2.25. The monoisotopic (exact) mass is 270 g/mol. The van der Waals surface area contributed by atoms with E-state index >= 15 is 0 Å². The molecule has 1 atom stereocenters. The van der Waals surface area contributed by atoms with Crippen LogP contribution < -0.4 is 10.0 Å². The highest BCUT2D eigenvalue weighted by atomic mass is 32.2. The van der Waals surface area contributed by atoms with Gasteiger partial charge in [-0.05, 0) is 27.2 Å². The molecule has 2 heterocycles. The summed E-state index contributed by atoms with van der Waals surface area (Å²) >= 11 is 0. The number of aryl methyl sites for hydroxylation is 2. The summed E-state index contributed by atoms with van der Waals surface area (Å²) in [6.07, 6.45) is 0.556. The predicted octanol–water partition coefficient (Wildman–Crippen LogP) is 0.269. The van der Waals surface area contributed by atoms with Crippen molar-refractivity contribution in [3.63, 3.8) is 0 Å². The van der Waals surface area contributed by atoms with E-state index < -0.39 is 15.3 Å². The van der Waals surface area contributed by atoms with Crippen LogP contribution in [0.3, 0.4) is 0 Å². The number of hydrogen-bond donors (Lipinski definition) is 1. The first-order valence-corrected chi connectivity index (χ1v) is 7.48. The molecule has 1 aliphatic heterocycles. The summed E-state index contributed by atoms with van der Waals surface area (Å²) in [5, 5.41) is 4.70. The molecule has 6 nitrogen and oxygen atoms in total. The fourth-order valence-corrected chi connectivity index (χ4v) is 3.07. The van der Waals surface area contributed by atoms with E-state index in [-0.39, 0.29) is 0 Å². The third kappa shape index (κ3) is 2.46. The van der Waals surface area contributed by atoms with Crippen LogP contribution in [-0.4, -0.2) is 36.7 Å². The van der Waals surface area contributed by atoms with Crippen LogP contribution in [0.15, 0.2) is 0 Å². The third-order valence-electron chi connectivity index (χ3n) is 3.38. The minimum atomic E-state index is -3.46. The molecule has 0 bridgehead atoms. The quantitative estimate of drug-likeness (QED) is 0.833. The molecular weight excluding hydrogens is 252 g/mol. The van der Waals surface area contributed by atoms with Crippen molar-refractivity contribution >= 4 is 15.8 Å². The molecule has 2 rings (SSSR count). The molecule has 0 saturated carbocycles. The first-order chi connectivity index (χ1) is 8.29. The molecule has 0 amide bonds. The lowest BCUT2D eigenvalue weighted by atomic mass is 10.2. The molecule has 0 spiro atoms. The standard InChI is InChI=1S/C11H18N4O2S/c1-7-8(2)13-9(3)14-11(7)15-5-4-10(6-15)18(12,16)17/h10H,4-6H2,1-3H3,(H2,12,16,17)/t10-/m1/s1. The molecular formula is C11H18N4O2S. The first-order valence-electron chi connectivity index (χ1n) is 5.87. The van der Waals surface area contributed by atoms with Crippen LogP contribution in [-0.2, 0) is 10.0 Å². The maximum absolute atomic E-state index is 11.3. The Morgan fingerprint density at radius 1 is 1.28 bits per heavy atom. The highest BCUT2D eigenvalue weighted by Crippen LogP contribution is 2.25. The Kier molecular flexibility index (Phi) is 3.29. The molecule has 0 aromatic carbocycles. The lowest BCUT2D eigenvalue weighted by Crippen LogP contribution is -2.32. The Labute approximate surface area is 107 Å². The third-order valence-corrected chi connectivity index (χ3v) is 4.70. The zero-order valence-electron chi connectivity index (χ0n) is 10.8. The summed E-state index contributed by atoms with van der Waals surface area (Å²) in [7, 11) is -3.46. The Bertz CT molecular complexity index is 571. The molecule has 18 heavy (non-hydrogen) atoms. The minimum absolute atomic E-state index is 0.412. The molecule has 100 valence electrons. The maximum atomic E-state index is 11.3. The largest absolute Gasteiger partial charge is 0.355 e. The normalized spacial score (nSPS) is 20.4. The highest BCUT2D eigenvalue weighted by molar-refractivity contribution is 7.89. The van der Waals surface area contributed by atoms with Crippen LogP contribution in [0.5, 0.6) is 0 Å². The van der Waals surface area contributed by atoms with Gasteiger partial charge in [-0.2, -0.15) is 0 Å². The van der Waals surface area contributed by atoms with Crippen molar-refractivity contribution in [3.05, 3.63) is 17.1 Å². The number of hydrogen-bond acceptors (Lipinski definition) is 5. The number of nitrogens with zero attached hydrogens (tertiary/aromatic N) is 3. The van der Waals surface area contributed by atoms with Gasteiger partial charge in [0.25, 0.3) is 0 Å². The Balaban J connectivity index is 2.30. The summed E-state index contributed by atoms with van der Waals surface area (Å²) in [6, 6.07) is 0. The molecule has 2 N–H and O–H groups in total. The summed E-state index contributed by atoms with van der Waals surface area (Å²) in [5.74, 6) is 1.53. The summed E-state index contributed by atoms with van der Waals surface area (Å²) in [6.45, 7) is 6.80. The smallest absolute Gasteiger partial charge is 0.213 e. The van der Waals surface area contributed by atoms with Crippen molar-refractivity contribution < 1.29 is 8.42 Å². The maximum Gasteiger partial charge on any atom is 0.213 e. The van der Waals surface area contributed by atoms with Gasteiger partial charge >= 0.3 is 0 Å². The van der Waals surface area contributed by atoms with Gasteiger partial charge in [0.1, 0.15) is 11.6 Å². The van der Waals surface area contributed by atoms with Crippen molar-refractivity contribution in [1.82, 2.24) is 9.97 Å². The second kappa shape index (κ2) is 4.47. The second-order valence-corrected chi connectivity index (χ2v) is 6.60. The Morgan fingerprint density at radius 2 is 1.94 bits per heavy atom. The molecule has 0 radical (unpaired) electrons. The van der Waals surface area contributed by atoms with E-state index in [9.17, 15) is 8.42 Å². The minimum Gasteiger partial charge on any atom is -0.355 e. The fraction of sp³-hybridized carbons (Fsp3) is 0.636. The SMILES string of the molecule is Cc1nc(C)c(C)c(N2CC[C@@H](S(N)(=O)=O)C2)n1. The van der Waals surface area contributed by atoms with Gasteiger partial charge in [-0.15, -0.1) is 0 Å². The molecule has 1 aliphatic rings. The lowest BCUT2D eigenvalue weighted by Gasteiger charge is -2.20. The van der Waals surface area contributed by atoms with Gasteiger partial charge in [0.15, 0.2) is 0 Å². The average Bonchev–Trinajstić information content (AvgIpc) is 2.71. The van der Waals surface area contributed by atoms with Crippen LogP contribution in [0.1, 0.15) is 23.5 Å². The topological polar surface area (TPSA) is 89.2 Å². The molecule has 1 fully saturated rings. The van der Waals surface area contributed by atoms with Crippen LogP contribution in [0, 0.1) is 20.8 Å². The van der Waals surface area contributed by atoms with Crippen LogP contribution in [0.2, 0.25) is 0 Å². The van der Waals surface area contributed by atoms with Gasteiger partial charge in [0.05, 0.1) is 5.25 Å². The number of sulfonamides is 1. The Morgan fingerprint density at radius 3 is 2.50 bits per heavy atom. The van der Waals surface area contributed by atoms with Crippen molar-refractivity contribution in [3.8, 4) is 0 Å². The van der Waals surface area contributed by atoms with Crippen molar-refractivity contribution in [1.29, 1.82) is 0 Å². The zero-order valence-corrected chi connectivity index (χ0v) is 11.7. The van der Waals surface area contributed by atoms with Crippen LogP contribution >= 0.6 is 0 Å². The molecule has 1 aromatic heterocycles. The van der Waals surface area contributed by atoms with Gasteiger partial charge in [-0.3, -0.25) is 0 Å². The van der Waals surface area contributed by atoms with E-state index in [4.69, 9.17) is 5.14 Å². The van der Waals surface area contributed by atoms with E-state index in [1.807, 2.05) is 25.7 Å². The van der Waals surface area contributed by atoms with Crippen molar-refractivity contribution in [2.75, 3.05) is 18.0 Å². The summed E-state index contributed by atoms with van der Waals surface area (Å²) in [5.41, 5.74) is 1.92. The number of rotatable bonds is 2. The molecule has 1 aromatic rings. The van der Waals surface area contributed by atoms with Crippen LogP contribution in [0.4, 0.5) is 5.82 Å². The predicted molar refractivity (Wildman–Crippen MR) is 70.0 cm³/mol. The Hall–Kier alpha value is -1.21. The second-order valence-electron chi connectivity index (χ2n) is 4.75. The average molecular weight is 270 g/mol. The number of aromatic nitrogens is 2. The first kappa shape index (κ1) is 13.2. The van der Waals surface area contributed by atoms with E-state index in [0.29, 0.717) is 25.3 Å². The number of anilines is 1. The van der Waals surface area contributed by atoms with E-state index in [1.54, 1.807) is 0 Å². The van der Waals surface area contributed by atoms with Gasteiger partial charge in [0, 0.05) is 24.3 Å². The van der Waals surface area contributed by atoms with Gasteiger partial charge < -0.3 is 4.90 Å².